The molecule has 1 saturated heterocycles. The maximum Gasteiger partial charge on any atom is 0.254 e. The fraction of sp³-hybridized carbons (Fsp3) is 0.417. The molecule has 1 fully saturated rings. The fourth-order valence-corrected chi connectivity index (χ4v) is 2.12. The first kappa shape index (κ1) is 12.5. The largest absolute Gasteiger partial charge is 0.379 e. The number of carbonyl (C=O) groups is 1. The third-order valence-corrected chi connectivity index (χ3v) is 3.16. The molecule has 3 nitrogen and oxygen atoms in total. The van der Waals surface area contributed by atoms with E-state index in [1.165, 1.54) is 12.1 Å². The minimum Gasteiger partial charge on any atom is -0.379 e. The Morgan fingerprint density at radius 1 is 1.53 bits per heavy atom. The zero-order valence-electron chi connectivity index (χ0n) is 9.21. The number of amides is 1. The molecule has 1 N–H and O–H groups in total. The normalized spacial score (nSPS) is 20.0. The molecule has 92 valence electrons. The van der Waals surface area contributed by atoms with E-state index in [9.17, 15) is 9.18 Å². The number of benzene rings is 1. The SMILES string of the molecule is O=C(NC1CCCOC1)c1ccc(Br)cc1F. The number of nitrogens with one attached hydrogen (secondary N) is 1. The predicted molar refractivity (Wildman–Crippen MR) is 65.4 cm³/mol. The second kappa shape index (κ2) is 5.60. The van der Waals surface area contributed by atoms with Crippen molar-refractivity contribution in [2.24, 2.45) is 0 Å². The number of hydrogen-bond acceptors (Lipinski definition) is 2. The second-order valence-electron chi connectivity index (χ2n) is 4.01. The first-order valence-corrected chi connectivity index (χ1v) is 6.30. The van der Waals surface area contributed by atoms with Crippen LogP contribution in [0.3, 0.4) is 0 Å². The van der Waals surface area contributed by atoms with Gasteiger partial charge in [0, 0.05) is 11.1 Å². The lowest BCUT2D eigenvalue weighted by molar-refractivity contribution is 0.0622. The summed E-state index contributed by atoms with van der Waals surface area (Å²) in [5.41, 5.74) is 0.0683. The van der Waals surface area contributed by atoms with E-state index in [0.717, 1.165) is 19.4 Å². The Hall–Kier alpha value is -0.940. The highest BCUT2D eigenvalue weighted by Gasteiger charge is 2.19. The first-order valence-electron chi connectivity index (χ1n) is 5.50. The van der Waals surface area contributed by atoms with Gasteiger partial charge in [0.05, 0.1) is 18.2 Å². The molecule has 1 aliphatic heterocycles. The minimum atomic E-state index is -0.520. The van der Waals surface area contributed by atoms with Crippen molar-refractivity contribution in [1.29, 1.82) is 0 Å². The number of hydrogen-bond donors (Lipinski definition) is 1. The van der Waals surface area contributed by atoms with Crippen LogP contribution in [-0.4, -0.2) is 25.2 Å². The lowest BCUT2D eigenvalue weighted by Crippen LogP contribution is -2.40. The molecule has 1 unspecified atom stereocenters. The van der Waals surface area contributed by atoms with E-state index in [0.29, 0.717) is 11.1 Å². The maximum atomic E-state index is 13.5. The quantitative estimate of drug-likeness (QED) is 0.911. The molecule has 0 bridgehead atoms. The van der Waals surface area contributed by atoms with E-state index in [1.807, 2.05) is 0 Å². The predicted octanol–water partition coefficient (Wildman–Crippen LogP) is 2.50. The fourth-order valence-electron chi connectivity index (χ4n) is 1.79. The second-order valence-corrected chi connectivity index (χ2v) is 4.93. The van der Waals surface area contributed by atoms with E-state index in [2.05, 4.69) is 21.2 Å². The summed E-state index contributed by atoms with van der Waals surface area (Å²) < 4.78 is 19.4. The standard InChI is InChI=1S/C12H13BrFNO2/c13-8-3-4-10(11(14)6-8)12(16)15-9-2-1-5-17-7-9/h3-4,6,9H,1-2,5,7H2,(H,15,16). The number of ether oxygens (including phenoxy) is 1. The van der Waals surface area contributed by atoms with Crippen LogP contribution < -0.4 is 5.32 Å². The van der Waals surface area contributed by atoms with Gasteiger partial charge in [0.2, 0.25) is 0 Å². The van der Waals surface area contributed by atoms with Gasteiger partial charge in [0.15, 0.2) is 0 Å². The Kier molecular flexibility index (Phi) is 4.12. The van der Waals surface area contributed by atoms with Gasteiger partial charge in [0.25, 0.3) is 5.91 Å². The molecule has 1 aliphatic rings. The number of carbonyl (C=O) groups excluding carboxylic acids is 1. The van der Waals surface area contributed by atoms with Crippen molar-refractivity contribution in [2.45, 2.75) is 18.9 Å². The lowest BCUT2D eigenvalue weighted by atomic mass is 10.1. The summed E-state index contributed by atoms with van der Waals surface area (Å²) in [7, 11) is 0. The molecule has 1 aromatic rings. The van der Waals surface area contributed by atoms with Gasteiger partial charge in [-0.25, -0.2) is 4.39 Å². The van der Waals surface area contributed by atoms with Crippen LogP contribution in [0.5, 0.6) is 0 Å². The molecule has 1 atom stereocenters. The van der Waals surface area contributed by atoms with Crippen LogP contribution in [0.15, 0.2) is 22.7 Å². The van der Waals surface area contributed by atoms with Crippen molar-refractivity contribution in [3.63, 3.8) is 0 Å². The van der Waals surface area contributed by atoms with E-state index in [4.69, 9.17) is 4.74 Å². The molecule has 1 heterocycles. The van der Waals surface area contributed by atoms with Gasteiger partial charge in [0.1, 0.15) is 5.82 Å². The van der Waals surface area contributed by atoms with Gasteiger partial charge in [-0.15, -0.1) is 0 Å². The van der Waals surface area contributed by atoms with E-state index >= 15 is 0 Å². The van der Waals surface area contributed by atoms with E-state index < -0.39 is 5.82 Å². The molecule has 1 aromatic carbocycles. The molecule has 0 aromatic heterocycles. The van der Waals surface area contributed by atoms with Gasteiger partial charge < -0.3 is 10.1 Å². The molecule has 2 rings (SSSR count). The molecule has 0 saturated carbocycles. The summed E-state index contributed by atoms with van der Waals surface area (Å²) in [6.07, 6.45) is 1.80. The zero-order chi connectivity index (χ0) is 12.3. The molecule has 0 aliphatic carbocycles. The Morgan fingerprint density at radius 3 is 3.00 bits per heavy atom. The Bertz CT molecular complexity index is 419. The minimum absolute atomic E-state index is 0.0145. The maximum absolute atomic E-state index is 13.5. The lowest BCUT2D eigenvalue weighted by Gasteiger charge is -2.23. The van der Waals surface area contributed by atoms with Crippen molar-refractivity contribution >= 4 is 21.8 Å². The van der Waals surface area contributed by atoms with Crippen molar-refractivity contribution in [3.8, 4) is 0 Å². The smallest absolute Gasteiger partial charge is 0.254 e. The molecular formula is C12H13BrFNO2. The van der Waals surface area contributed by atoms with Crippen LogP contribution in [0.25, 0.3) is 0 Å². The average molecular weight is 302 g/mol. The summed E-state index contributed by atoms with van der Waals surface area (Å²) >= 11 is 3.15. The first-order chi connectivity index (χ1) is 8.16. The topological polar surface area (TPSA) is 38.3 Å². The van der Waals surface area contributed by atoms with Crippen LogP contribution in [0.2, 0.25) is 0 Å². The van der Waals surface area contributed by atoms with Gasteiger partial charge in [-0.3, -0.25) is 4.79 Å². The van der Waals surface area contributed by atoms with Crippen LogP contribution in [-0.2, 0) is 4.74 Å². The van der Waals surface area contributed by atoms with Crippen LogP contribution in [0.4, 0.5) is 4.39 Å². The third kappa shape index (κ3) is 3.26. The summed E-state index contributed by atoms with van der Waals surface area (Å²) in [6.45, 7) is 1.24. The van der Waals surface area contributed by atoms with Crippen molar-refractivity contribution in [2.75, 3.05) is 13.2 Å². The molecule has 0 spiro atoms. The molecule has 17 heavy (non-hydrogen) atoms. The molecule has 0 radical (unpaired) electrons. The van der Waals surface area contributed by atoms with Gasteiger partial charge in [-0.1, -0.05) is 15.9 Å². The highest BCUT2D eigenvalue weighted by Crippen LogP contribution is 2.16. The highest BCUT2D eigenvalue weighted by atomic mass is 79.9. The summed E-state index contributed by atoms with van der Waals surface area (Å²) in [6, 6.07) is 4.39. The van der Waals surface area contributed by atoms with Gasteiger partial charge >= 0.3 is 0 Å². The average Bonchev–Trinajstić information content (AvgIpc) is 2.30. The van der Waals surface area contributed by atoms with Crippen LogP contribution >= 0.6 is 15.9 Å². The van der Waals surface area contributed by atoms with Gasteiger partial charge in [-0.05, 0) is 31.0 Å². The van der Waals surface area contributed by atoms with Crippen molar-refractivity contribution in [3.05, 3.63) is 34.1 Å². The summed E-state index contributed by atoms with van der Waals surface area (Å²) in [5, 5.41) is 2.78. The molecular weight excluding hydrogens is 289 g/mol. The Labute approximate surface area is 107 Å². The van der Waals surface area contributed by atoms with Crippen molar-refractivity contribution < 1.29 is 13.9 Å². The van der Waals surface area contributed by atoms with E-state index in [1.54, 1.807) is 6.07 Å². The van der Waals surface area contributed by atoms with Gasteiger partial charge in [-0.2, -0.15) is 0 Å². The Balaban J connectivity index is 2.03. The number of rotatable bonds is 2. The van der Waals surface area contributed by atoms with Crippen LogP contribution in [0, 0.1) is 5.82 Å². The molecule has 5 heteroatoms. The summed E-state index contributed by atoms with van der Waals surface area (Å²) in [5.74, 6) is -0.904. The summed E-state index contributed by atoms with van der Waals surface area (Å²) in [4.78, 5) is 11.8. The Morgan fingerprint density at radius 2 is 2.35 bits per heavy atom. The zero-order valence-corrected chi connectivity index (χ0v) is 10.8. The third-order valence-electron chi connectivity index (χ3n) is 2.67. The monoisotopic (exact) mass is 301 g/mol. The highest BCUT2D eigenvalue weighted by molar-refractivity contribution is 9.10. The van der Waals surface area contributed by atoms with Crippen LogP contribution in [0.1, 0.15) is 23.2 Å². The van der Waals surface area contributed by atoms with E-state index in [-0.39, 0.29) is 17.5 Å². The molecule has 1 amide bonds. The van der Waals surface area contributed by atoms with Crippen molar-refractivity contribution in [1.82, 2.24) is 5.32 Å². The number of halogens is 2.